The zero-order valence-electron chi connectivity index (χ0n) is 14.0. The average molecular weight is 406 g/mol. The minimum absolute atomic E-state index is 0.0979. The summed E-state index contributed by atoms with van der Waals surface area (Å²) in [7, 11) is 1.88. The molecule has 0 N–H and O–H groups in total. The van der Waals surface area contributed by atoms with Crippen LogP contribution in [0.2, 0.25) is 0 Å². The molecule has 1 fully saturated rings. The van der Waals surface area contributed by atoms with E-state index >= 15 is 0 Å². The molecule has 6 nitrogen and oxygen atoms in total. The number of benzene rings is 2. The molecule has 25 heavy (non-hydrogen) atoms. The summed E-state index contributed by atoms with van der Waals surface area (Å²) in [6, 6.07) is 13.3. The third kappa shape index (κ3) is 4.11. The van der Waals surface area contributed by atoms with Crippen LogP contribution in [0.5, 0.6) is 0 Å². The van der Waals surface area contributed by atoms with E-state index in [0.717, 1.165) is 37.6 Å². The van der Waals surface area contributed by atoms with E-state index in [9.17, 15) is 10.1 Å². The Bertz CT molecular complexity index is 763. The van der Waals surface area contributed by atoms with Crippen molar-refractivity contribution < 1.29 is 9.66 Å². The highest BCUT2D eigenvalue weighted by Crippen LogP contribution is 2.32. The van der Waals surface area contributed by atoms with E-state index in [-0.39, 0.29) is 10.6 Å². The van der Waals surface area contributed by atoms with E-state index in [1.807, 2.05) is 30.1 Å². The molecule has 0 spiro atoms. The Morgan fingerprint density at radius 1 is 1.24 bits per heavy atom. The second-order valence-corrected chi connectivity index (χ2v) is 6.89. The first-order valence-corrected chi connectivity index (χ1v) is 8.91. The number of nitro benzene ring substituents is 1. The third-order valence-electron chi connectivity index (χ3n) is 4.30. The predicted octanol–water partition coefficient (Wildman–Crippen LogP) is 3.83. The van der Waals surface area contributed by atoms with E-state index in [4.69, 9.17) is 4.74 Å². The van der Waals surface area contributed by atoms with Crippen LogP contribution in [0.3, 0.4) is 0 Å². The molecule has 0 radical (unpaired) electrons. The fourth-order valence-corrected chi connectivity index (χ4v) is 3.41. The van der Waals surface area contributed by atoms with E-state index in [1.165, 1.54) is 0 Å². The predicted molar refractivity (Wildman–Crippen MR) is 102 cm³/mol. The minimum Gasteiger partial charge on any atom is -0.378 e. The van der Waals surface area contributed by atoms with E-state index in [1.54, 1.807) is 12.1 Å². The quantitative estimate of drug-likeness (QED) is 0.558. The van der Waals surface area contributed by atoms with Crippen LogP contribution in [0.15, 0.2) is 46.9 Å². The molecule has 0 saturated carbocycles. The lowest BCUT2D eigenvalue weighted by Crippen LogP contribution is -2.37. The van der Waals surface area contributed by atoms with Gasteiger partial charge in [-0.1, -0.05) is 34.1 Å². The van der Waals surface area contributed by atoms with Crippen LogP contribution in [0.25, 0.3) is 0 Å². The normalized spacial score (nSPS) is 14.4. The molecule has 2 aromatic carbocycles. The Kier molecular flexibility index (Phi) is 5.55. The van der Waals surface area contributed by atoms with Crippen molar-refractivity contribution >= 4 is 33.0 Å². The summed E-state index contributed by atoms with van der Waals surface area (Å²) in [4.78, 5) is 15.3. The highest BCUT2D eigenvalue weighted by molar-refractivity contribution is 9.10. The van der Waals surface area contributed by atoms with E-state index in [0.29, 0.717) is 16.7 Å². The smallest absolute Gasteiger partial charge is 0.293 e. The van der Waals surface area contributed by atoms with Gasteiger partial charge in [-0.2, -0.15) is 0 Å². The molecule has 0 aliphatic carbocycles. The van der Waals surface area contributed by atoms with Crippen molar-refractivity contribution in [3.8, 4) is 0 Å². The third-order valence-corrected chi connectivity index (χ3v) is 4.79. The van der Waals surface area contributed by atoms with Gasteiger partial charge in [-0.05, 0) is 23.8 Å². The molecule has 0 atom stereocenters. The van der Waals surface area contributed by atoms with Gasteiger partial charge in [-0.15, -0.1) is 0 Å². The fourth-order valence-electron chi connectivity index (χ4n) is 3.06. The summed E-state index contributed by atoms with van der Waals surface area (Å²) in [5.41, 5.74) is 3.01. The molecule has 1 saturated heterocycles. The molecular formula is C18H20BrN3O3. The van der Waals surface area contributed by atoms with Crippen molar-refractivity contribution in [1.82, 2.24) is 0 Å². The molecule has 0 bridgehead atoms. The van der Waals surface area contributed by atoms with Crippen molar-refractivity contribution in [2.24, 2.45) is 0 Å². The maximum Gasteiger partial charge on any atom is 0.293 e. The summed E-state index contributed by atoms with van der Waals surface area (Å²) in [6.07, 6.45) is 0. The van der Waals surface area contributed by atoms with Crippen molar-refractivity contribution in [3.63, 3.8) is 0 Å². The Morgan fingerprint density at radius 2 is 1.96 bits per heavy atom. The number of nitrogens with zero attached hydrogens (tertiary/aromatic N) is 3. The number of anilines is 2. The summed E-state index contributed by atoms with van der Waals surface area (Å²) >= 11 is 3.30. The number of halogens is 1. The number of nitro groups is 1. The molecule has 1 heterocycles. The van der Waals surface area contributed by atoms with Crippen LogP contribution < -0.4 is 9.80 Å². The van der Waals surface area contributed by atoms with Gasteiger partial charge in [-0.25, -0.2) is 0 Å². The molecule has 1 aliphatic rings. The first-order valence-electron chi connectivity index (χ1n) is 8.12. The molecular weight excluding hydrogens is 386 g/mol. The number of para-hydroxylation sites is 1. The lowest BCUT2D eigenvalue weighted by atomic mass is 10.1. The Labute approximate surface area is 155 Å². The van der Waals surface area contributed by atoms with Gasteiger partial charge < -0.3 is 14.5 Å². The van der Waals surface area contributed by atoms with Gasteiger partial charge in [0.15, 0.2) is 0 Å². The molecule has 7 heteroatoms. The first-order chi connectivity index (χ1) is 12.1. The molecule has 0 unspecified atom stereocenters. The largest absolute Gasteiger partial charge is 0.378 e. The molecule has 3 rings (SSSR count). The fraction of sp³-hybridized carbons (Fsp3) is 0.333. The minimum atomic E-state index is -0.343. The van der Waals surface area contributed by atoms with Gasteiger partial charge in [0.1, 0.15) is 5.69 Å². The van der Waals surface area contributed by atoms with Crippen molar-refractivity contribution in [2.75, 3.05) is 43.2 Å². The number of rotatable bonds is 5. The van der Waals surface area contributed by atoms with Crippen LogP contribution in [0.1, 0.15) is 5.56 Å². The van der Waals surface area contributed by atoms with Crippen molar-refractivity contribution in [2.45, 2.75) is 6.54 Å². The highest BCUT2D eigenvalue weighted by atomic mass is 79.9. The van der Waals surface area contributed by atoms with Crippen LogP contribution in [-0.4, -0.2) is 38.3 Å². The lowest BCUT2D eigenvalue weighted by Gasteiger charge is -2.31. The number of ether oxygens (including phenoxy) is 1. The van der Waals surface area contributed by atoms with Crippen molar-refractivity contribution in [1.29, 1.82) is 0 Å². The second kappa shape index (κ2) is 7.84. The van der Waals surface area contributed by atoms with Crippen LogP contribution in [0.4, 0.5) is 17.1 Å². The molecule has 0 amide bonds. The summed E-state index contributed by atoms with van der Waals surface area (Å²) in [6.45, 7) is 3.76. The zero-order chi connectivity index (χ0) is 17.8. The van der Waals surface area contributed by atoms with Gasteiger partial charge in [0, 0.05) is 42.9 Å². The first kappa shape index (κ1) is 17.7. The standard InChI is InChI=1S/C18H20BrN3O3/c1-20(17-7-6-15(19)12-18(17)22(23)24)13-14-4-2-3-5-16(14)21-8-10-25-11-9-21/h2-7,12H,8-11,13H2,1H3. The van der Waals surface area contributed by atoms with Gasteiger partial charge in [0.05, 0.1) is 18.1 Å². The summed E-state index contributed by atoms with van der Waals surface area (Å²) in [5, 5.41) is 11.4. The monoisotopic (exact) mass is 405 g/mol. The maximum absolute atomic E-state index is 11.4. The molecule has 132 valence electrons. The van der Waals surface area contributed by atoms with Gasteiger partial charge in [0.25, 0.3) is 5.69 Å². The van der Waals surface area contributed by atoms with E-state index < -0.39 is 0 Å². The van der Waals surface area contributed by atoms with Crippen molar-refractivity contribution in [3.05, 3.63) is 62.6 Å². The van der Waals surface area contributed by atoms with Crippen LogP contribution in [0, 0.1) is 10.1 Å². The molecule has 2 aromatic rings. The van der Waals surface area contributed by atoms with Gasteiger partial charge >= 0.3 is 0 Å². The zero-order valence-corrected chi connectivity index (χ0v) is 15.6. The number of hydrogen-bond acceptors (Lipinski definition) is 5. The second-order valence-electron chi connectivity index (χ2n) is 5.97. The van der Waals surface area contributed by atoms with Crippen LogP contribution >= 0.6 is 15.9 Å². The van der Waals surface area contributed by atoms with Crippen LogP contribution in [-0.2, 0) is 11.3 Å². The average Bonchev–Trinajstić information content (AvgIpc) is 2.62. The SMILES string of the molecule is CN(Cc1ccccc1N1CCOCC1)c1ccc(Br)cc1[N+](=O)[O-]. The summed E-state index contributed by atoms with van der Waals surface area (Å²) < 4.78 is 6.13. The topological polar surface area (TPSA) is 58.8 Å². The Hall–Kier alpha value is -2.12. The Morgan fingerprint density at radius 3 is 2.68 bits per heavy atom. The number of hydrogen-bond donors (Lipinski definition) is 0. The lowest BCUT2D eigenvalue weighted by molar-refractivity contribution is -0.384. The maximum atomic E-state index is 11.4. The number of morpholine rings is 1. The van der Waals surface area contributed by atoms with Gasteiger partial charge in [0.2, 0.25) is 0 Å². The van der Waals surface area contributed by atoms with Gasteiger partial charge in [-0.3, -0.25) is 10.1 Å². The highest BCUT2D eigenvalue weighted by Gasteiger charge is 2.20. The Balaban J connectivity index is 1.87. The summed E-state index contributed by atoms with van der Waals surface area (Å²) in [5.74, 6) is 0. The molecule has 1 aliphatic heterocycles. The van der Waals surface area contributed by atoms with E-state index in [2.05, 4.69) is 33.0 Å². The molecule has 0 aromatic heterocycles.